The summed E-state index contributed by atoms with van der Waals surface area (Å²) < 4.78 is 7.80. The number of nitrogens with one attached hydrogen (secondary N) is 1. The van der Waals surface area contributed by atoms with Crippen LogP contribution < -0.4 is 10.9 Å². The van der Waals surface area contributed by atoms with Crippen LogP contribution in [0.2, 0.25) is 0 Å². The van der Waals surface area contributed by atoms with Gasteiger partial charge in [0.25, 0.3) is 5.56 Å². The minimum Gasteiger partial charge on any atom is -0.381 e. The summed E-state index contributed by atoms with van der Waals surface area (Å²) in [5, 5.41) is 5.31. The van der Waals surface area contributed by atoms with E-state index in [0.29, 0.717) is 18.5 Å². The Hall–Kier alpha value is -1.40. The minimum absolute atomic E-state index is 0.0528. The van der Waals surface area contributed by atoms with Crippen LogP contribution >= 0.6 is 11.3 Å². The predicted octanol–water partition coefficient (Wildman–Crippen LogP) is 2.07. The van der Waals surface area contributed by atoms with E-state index in [2.05, 4.69) is 10.3 Å². The Balaban J connectivity index is 1.98. The van der Waals surface area contributed by atoms with Crippen LogP contribution in [0.5, 0.6) is 0 Å². The lowest BCUT2D eigenvalue weighted by molar-refractivity contribution is 0.0902. The average molecular weight is 279 g/mol. The van der Waals surface area contributed by atoms with Gasteiger partial charge in [0.1, 0.15) is 4.70 Å². The molecule has 0 radical (unpaired) electrons. The second-order valence-electron chi connectivity index (χ2n) is 4.65. The zero-order chi connectivity index (χ0) is 13.2. The molecule has 19 heavy (non-hydrogen) atoms. The van der Waals surface area contributed by atoms with Crippen LogP contribution in [0.4, 0.5) is 5.95 Å². The van der Waals surface area contributed by atoms with Gasteiger partial charge in [0, 0.05) is 25.8 Å². The molecule has 0 aromatic carbocycles. The van der Waals surface area contributed by atoms with E-state index in [1.165, 1.54) is 11.3 Å². The summed E-state index contributed by atoms with van der Waals surface area (Å²) in [6, 6.07) is 2.24. The SMILES string of the molecule is CCn1c(NC2CCOCC2)nc2ccsc2c1=O. The number of thiophene rings is 1. The molecular formula is C13H17N3O2S. The third kappa shape index (κ3) is 2.37. The summed E-state index contributed by atoms with van der Waals surface area (Å²) in [5.74, 6) is 0.685. The van der Waals surface area contributed by atoms with E-state index >= 15 is 0 Å². The van der Waals surface area contributed by atoms with E-state index in [1.54, 1.807) is 4.57 Å². The molecule has 1 aliphatic heterocycles. The number of ether oxygens (including phenoxy) is 1. The molecule has 0 atom stereocenters. The molecular weight excluding hydrogens is 262 g/mol. The second kappa shape index (κ2) is 5.30. The van der Waals surface area contributed by atoms with Gasteiger partial charge in [-0.1, -0.05) is 0 Å². The Kier molecular flexibility index (Phi) is 3.52. The fraction of sp³-hybridized carbons (Fsp3) is 0.538. The summed E-state index contributed by atoms with van der Waals surface area (Å²) in [5.41, 5.74) is 0.839. The lowest BCUT2D eigenvalue weighted by Crippen LogP contribution is -2.32. The van der Waals surface area contributed by atoms with Crippen LogP contribution in [0.25, 0.3) is 10.2 Å². The Morgan fingerprint density at radius 3 is 3.05 bits per heavy atom. The molecule has 5 nitrogen and oxygen atoms in total. The molecule has 3 rings (SSSR count). The highest BCUT2D eigenvalue weighted by Gasteiger charge is 2.17. The molecule has 1 aliphatic rings. The first kappa shape index (κ1) is 12.6. The van der Waals surface area contributed by atoms with Gasteiger partial charge in [-0.15, -0.1) is 11.3 Å². The number of aromatic nitrogens is 2. The highest BCUT2D eigenvalue weighted by molar-refractivity contribution is 7.17. The van der Waals surface area contributed by atoms with Gasteiger partial charge in [-0.2, -0.15) is 0 Å². The molecule has 2 aromatic rings. The fourth-order valence-electron chi connectivity index (χ4n) is 2.37. The number of anilines is 1. The van der Waals surface area contributed by atoms with Crippen LogP contribution in [-0.4, -0.2) is 28.8 Å². The highest BCUT2D eigenvalue weighted by Crippen LogP contribution is 2.19. The lowest BCUT2D eigenvalue weighted by Gasteiger charge is -2.24. The molecule has 0 bridgehead atoms. The minimum atomic E-state index is 0.0528. The van der Waals surface area contributed by atoms with E-state index < -0.39 is 0 Å². The molecule has 6 heteroatoms. The third-order valence-corrected chi connectivity index (χ3v) is 4.33. The van der Waals surface area contributed by atoms with Crippen LogP contribution in [0, 0.1) is 0 Å². The molecule has 0 amide bonds. The van der Waals surface area contributed by atoms with Crippen molar-refractivity contribution >= 4 is 27.5 Å². The van der Waals surface area contributed by atoms with Gasteiger partial charge in [0.15, 0.2) is 0 Å². The number of rotatable bonds is 3. The smallest absolute Gasteiger partial charge is 0.272 e. The summed E-state index contributed by atoms with van der Waals surface area (Å²) >= 11 is 1.45. The van der Waals surface area contributed by atoms with Gasteiger partial charge in [-0.05, 0) is 31.2 Å². The van der Waals surface area contributed by atoms with Crippen LogP contribution in [-0.2, 0) is 11.3 Å². The average Bonchev–Trinajstić information content (AvgIpc) is 2.89. The number of fused-ring (bicyclic) bond motifs is 1. The van der Waals surface area contributed by atoms with E-state index in [0.717, 1.165) is 36.3 Å². The molecule has 0 aliphatic carbocycles. The van der Waals surface area contributed by atoms with Crippen molar-refractivity contribution in [1.29, 1.82) is 0 Å². The maximum absolute atomic E-state index is 12.4. The Labute approximate surface area is 115 Å². The second-order valence-corrected chi connectivity index (χ2v) is 5.57. The van der Waals surface area contributed by atoms with Crippen molar-refractivity contribution in [1.82, 2.24) is 9.55 Å². The van der Waals surface area contributed by atoms with E-state index in [4.69, 9.17) is 4.74 Å². The lowest BCUT2D eigenvalue weighted by atomic mass is 10.1. The van der Waals surface area contributed by atoms with E-state index in [1.807, 2.05) is 18.4 Å². The number of hydrogen-bond donors (Lipinski definition) is 1. The van der Waals surface area contributed by atoms with Crippen molar-refractivity contribution < 1.29 is 4.74 Å². The largest absolute Gasteiger partial charge is 0.381 e. The maximum atomic E-state index is 12.4. The van der Waals surface area contributed by atoms with Gasteiger partial charge < -0.3 is 10.1 Å². The summed E-state index contributed by atoms with van der Waals surface area (Å²) in [6.45, 7) is 4.15. The predicted molar refractivity (Wildman–Crippen MR) is 77.0 cm³/mol. The van der Waals surface area contributed by atoms with Crippen molar-refractivity contribution in [2.45, 2.75) is 32.4 Å². The number of hydrogen-bond acceptors (Lipinski definition) is 5. The van der Waals surface area contributed by atoms with E-state index in [-0.39, 0.29) is 5.56 Å². The highest BCUT2D eigenvalue weighted by atomic mass is 32.1. The van der Waals surface area contributed by atoms with Crippen molar-refractivity contribution in [2.75, 3.05) is 18.5 Å². The summed E-state index contributed by atoms with van der Waals surface area (Å²) in [4.78, 5) is 16.9. The first-order valence-corrected chi connectivity index (χ1v) is 7.50. The van der Waals surface area contributed by atoms with Crippen LogP contribution in [0.3, 0.4) is 0 Å². The van der Waals surface area contributed by atoms with E-state index in [9.17, 15) is 4.79 Å². The fourth-order valence-corrected chi connectivity index (χ4v) is 3.15. The van der Waals surface area contributed by atoms with Gasteiger partial charge >= 0.3 is 0 Å². The third-order valence-electron chi connectivity index (χ3n) is 3.44. The zero-order valence-electron chi connectivity index (χ0n) is 10.9. The first-order chi connectivity index (χ1) is 9.29. The van der Waals surface area contributed by atoms with Gasteiger partial charge in [-0.25, -0.2) is 4.98 Å². The summed E-state index contributed by atoms with van der Waals surface area (Å²) in [6.07, 6.45) is 1.92. The van der Waals surface area contributed by atoms with Crippen LogP contribution in [0.15, 0.2) is 16.2 Å². The molecule has 3 heterocycles. The Morgan fingerprint density at radius 2 is 2.32 bits per heavy atom. The normalized spacial score (nSPS) is 16.9. The molecule has 1 fully saturated rings. The molecule has 0 saturated carbocycles. The van der Waals surface area contributed by atoms with Crippen molar-refractivity contribution in [2.24, 2.45) is 0 Å². The monoisotopic (exact) mass is 279 g/mol. The molecule has 0 spiro atoms. The molecule has 1 N–H and O–H groups in total. The first-order valence-electron chi connectivity index (χ1n) is 6.62. The van der Waals surface area contributed by atoms with Crippen molar-refractivity contribution in [3.05, 3.63) is 21.8 Å². The van der Waals surface area contributed by atoms with Gasteiger partial charge in [0.05, 0.1) is 5.52 Å². The van der Waals surface area contributed by atoms with Gasteiger partial charge in [0.2, 0.25) is 5.95 Å². The molecule has 102 valence electrons. The Bertz CT molecular complexity index is 628. The standard InChI is InChI=1S/C13H17N3O2S/c1-2-16-12(17)11-10(5-8-19-11)15-13(16)14-9-3-6-18-7-4-9/h5,8-9H,2-4,6-7H2,1H3,(H,14,15). The molecule has 1 saturated heterocycles. The van der Waals surface area contributed by atoms with Crippen molar-refractivity contribution in [3.8, 4) is 0 Å². The van der Waals surface area contributed by atoms with Crippen LogP contribution in [0.1, 0.15) is 19.8 Å². The quantitative estimate of drug-likeness (QED) is 0.934. The number of nitrogens with zero attached hydrogens (tertiary/aromatic N) is 2. The molecule has 0 unspecified atom stereocenters. The maximum Gasteiger partial charge on any atom is 0.272 e. The summed E-state index contributed by atoms with van der Waals surface area (Å²) in [7, 11) is 0. The molecule has 2 aromatic heterocycles. The van der Waals surface area contributed by atoms with Crippen molar-refractivity contribution in [3.63, 3.8) is 0 Å². The zero-order valence-corrected chi connectivity index (χ0v) is 11.7. The topological polar surface area (TPSA) is 56.1 Å². The van der Waals surface area contributed by atoms with Gasteiger partial charge in [-0.3, -0.25) is 9.36 Å². The Morgan fingerprint density at radius 1 is 1.53 bits per heavy atom.